The van der Waals surface area contributed by atoms with Gasteiger partial charge in [-0.2, -0.15) is 0 Å². The van der Waals surface area contributed by atoms with Gasteiger partial charge in [-0.25, -0.2) is 0 Å². The number of hydrogen-bond donors (Lipinski definition) is 1. The van der Waals surface area contributed by atoms with Gasteiger partial charge >= 0.3 is 0 Å². The van der Waals surface area contributed by atoms with E-state index in [0.717, 1.165) is 38.3 Å². The molecule has 0 bridgehead atoms. The van der Waals surface area contributed by atoms with Gasteiger partial charge in [0.15, 0.2) is 0 Å². The number of allylic oxidation sites excluding steroid dienone is 1. The van der Waals surface area contributed by atoms with Crippen molar-refractivity contribution in [3.63, 3.8) is 0 Å². The van der Waals surface area contributed by atoms with Crippen molar-refractivity contribution in [2.24, 2.45) is 0 Å². The van der Waals surface area contributed by atoms with E-state index >= 15 is 0 Å². The highest BCUT2D eigenvalue weighted by molar-refractivity contribution is 5.07. The molecule has 0 aromatic heterocycles. The molecule has 0 unspecified atom stereocenters. The van der Waals surface area contributed by atoms with Crippen LogP contribution in [0.2, 0.25) is 0 Å². The third kappa shape index (κ3) is 6.41. The van der Waals surface area contributed by atoms with Crippen LogP contribution in [0.25, 0.3) is 0 Å². The number of rotatable bonds is 8. The molecule has 0 amide bonds. The first kappa shape index (κ1) is 12.2. The minimum absolute atomic E-state index is 0.916. The lowest BCUT2D eigenvalue weighted by molar-refractivity contribution is 0.299. The van der Waals surface area contributed by atoms with Crippen molar-refractivity contribution >= 4 is 0 Å². The second kappa shape index (κ2) is 7.87. The highest BCUT2D eigenvalue weighted by Gasteiger charge is 1.97. The van der Waals surface area contributed by atoms with E-state index in [-0.39, 0.29) is 0 Å². The second-order valence-corrected chi connectivity index (χ2v) is 3.04. The molecule has 1 N–H and O–H groups in total. The van der Waals surface area contributed by atoms with E-state index in [1.807, 2.05) is 0 Å². The molecule has 0 fully saturated rings. The first-order valence-electron chi connectivity index (χ1n) is 5.02. The predicted molar refractivity (Wildman–Crippen MR) is 59.7 cm³/mol. The summed E-state index contributed by atoms with van der Waals surface area (Å²) in [5, 5.41) is 3.20. The van der Waals surface area contributed by atoms with Gasteiger partial charge in [-0.05, 0) is 32.1 Å². The van der Waals surface area contributed by atoms with E-state index in [1.165, 1.54) is 0 Å². The molecule has 2 heteroatoms. The Hall–Kier alpha value is -0.760. The Balaban J connectivity index is 3.33. The lowest BCUT2D eigenvalue weighted by atomic mass is 10.3. The predicted octanol–water partition coefficient (Wildman–Crippen LogP) is 2.01. The van der Waals surface area contributed by atoms with Gasteiger partial charge in [0, 0.05) is 12.2 Å². The fourth-order valence-corrected chi connectivity index (χ4v) is 1.16. The van der Waals surface area contributed by atoms with Gasteiger partial charge in [-0.3, -0.25) is 0 Å². The van der Waals surface area contributed by atoms with Crippen molar-refractivity contribution in [3.05, 3.63) is 24.9 Å². The van der Waals surface area contributed by atoms with Crippen molar-refractivity contribution in [2.45, 2.75) is 20.3 Å². The van der Waals surface area contributed by atoms with Crippen molar-refractivity contribution < 1.29 is 0 Å². The third-order valence-corrected chi connectivity index (χ3v) is 2.14. The van der Waals surface area contributed by atoms with Crippen LogP contribution in [0, 0.1) is 0 Å². The Labute approximate surface area is 82.3 Å². The second-order valence-electron chi connectivity index (χ2n) is 3.04. The Kier molecular flexibility index (Phi) is 7.41. The number of nitrogens with zero attached hydrogens (tertiary/aromatic N) is 1. The van der Waals surface area contributed by atoms with Crippen molar-refractivity contribution in [1.29, 1.82) is 0 Å². The summed E-state index contributed by atoms with van der Waals surface area (Å²) >= 11 is 0. The summed E-state index contributed by atoms with van der Waals surface area (Å²) in [4.78, 5) is 2.42. The maximum Gasteiger partial charge on any atom is 0.0261 e. The Bertz CT molecular complexity index is 148. The van der Waals surface area contributed by atoms with Crippen LogP contribution in [0.1, 0.15) is 20.3 Å². The Morgan fingerprint density at radius 3 is 2.46 bits per heavy atom. The molecule has 0 atom stereocenters. The van der Waals surface area contributed by atoms with E-state index in [2.05, 4.69) is 37.2 Å². The lowest BCUT2D eigenvalue weighted by Gasteiger charge is -2.17. The summed E-state index contributed by atoms with van der Waals surface area (Å²) in [6, 6.07) is 0. The van der Waals surface area contributed by atoms with Crippen molar-refractivity contribution in [2.75, 3.05) is 26.2 Å². The first-order valence-corrected chi connectivity index (χ1v) is 5.02. The van der Waals surface area contributed by atoms with Crippen LogP contribution in [0.4, 0.5) is 0 Å². The minimum Gasteiger partial charge on any atom is -0.385 e. The van der Waals surface area contributed by atoms with E-state index < -0.39 is 0 Å². The van der Waals surface area contributed by atoms with Crippen LogP contribution in [0.3, 0.4) is 0 Å². The molecule has 0 rings (SSSR count). The highest BCUT2D eigenvalue weighted by atomic mass is 15.1. The normalized spacial score (nSPS) is 10.1. The topological polar surface area (TPSA) is 15.3 Å². The zero-order valence-corrected chi connectivity index (χ0v) is 8.97. The summed E-state index contributed by atoms with van der Waals surface area (Å²) in [5.41, 5.74) is 0.916. The summed E-state index contributed by atoms with van der Waals surface area (Å²) in [6.07, 6.45) is 2.91. The van der Waals surface area contributed by atoms with Gasteiger partial charge in [0.2, 0.25) is 0 Å². The smallest absolute Gasteiger partial charge is 0.0261 e. The molecule has 13 heavy (non-hydrogen) atoms. The molecule has 0 aromatic rings. The highest BCUT2D eigenvalue weighted by Crippen LogP contribution is 1.90. The molecular formula is C11H22N2. The largest absolute Gasteiger partial charge is 0.385 e. The van der Waals surface area contributed by atoms with Gasteiger partial charge in [0.1, 0.15) is 0 Å². The van der Waals surface area contributed by atoms with Crippen LogP contribution in [0.5, 0.6) is 0 Å². The van der Waals surface area contributed by atoms with Crippen molar-refractivity contribution in [1.82, 2.24) is 10.2 Å². The maximum absolute atomic E-state index is 3.79. The average Bonchev–Trinajstić information content (AvgIpc) is 2.18. The van der Waals surface area contributed by atoms with Crippen LogP contribution < -0.4 is 5.32 Å². The Morgan fingerprint density at radius 1 is 1.38 bits per heavy atom. The van der Waals surface area contributed by atoms with E-state index in [0.29, 0.717) is 0 Å². The molecule has 2 nitrogen and oxygen atoms in total. The van der Waals surface area contributed by atoms with E-state index in [4.69, 9.17) is 0 Å². The number of hydrogen-bond acceptors (Lipinski definition) is 2. The molecule has 0 aromatic carbocycles. The van der Waals surface area contributed by atoms with Gasteiger partial charge in [0.25, 0.3) is 0 Å². The van der Waals surface area contributed by atoms with Gasteiger partial charge in [-0.15, -0.1) is 0 Å². The first-order chi connectivity index (χ1) is 6.24. The standard InChI is InChI=1S/C11H22N2/c1-5-11(4)12-9-8-10-13(6-2)7-3/h5,12H,1,4,6-10H2,2-3H3. The molecule has 0 aliphatic heterocycles. The Morgan fingerprint density at radius 2 is 2.00 bits per heavy atom. The summed E-state index contributed by atoms with van der Waals surface area (Å²) < 4.78 is 0. The summed E-state index contributed by atoms with van der Waals surface area (Å²) in [6.45, 7) is 16.2. The average molecular weight is 182 g/mol. The zero-order chi connectivity index (χ0) is 10.1. The number of nitrogens with one attached hydrogen (secondary N) is 1. The molecular weight excluding hydrogens is 160 g/mol. The van der Waals surface area contributed by atoms with Crippen LogP contribution in [-0.2, 0) is 0 Å². The molecule has 76 valence electrons. The molecule has 0 aliphatic rings. The molecule has 0 aliphatic carbocycles. The monoisotopic (exact) mass is 182 g/mol. The molecule has 0 spiro atoms. The summed E-state index contributed by atoms with van der Waals surface area (Å²) in [7, 11) is 0. The molecule has 0 heterocycles. The fourth-order valence-electron chi connectivity index (χ4n) is 1.16. The van der Waals surface area contributed by atoms with Gasteiger partial charge in [0.05, 0.1) is 0 Å². The van der Waals surface area contributed by atoms with Gasteiger partial charge < -0.3 is 10.2 Å². The molecule has 0 radical (unpaired) electrons. The maximum atomic E-state index is 3.79. The molecule has 0 saturated carbocycles. The van der Waals surface area contributed by atoms with Crippen LogP contribution >= 0.6 is 0 Å². The third-order valence-electron chi connectivity index (χ3n) is 2.14. The van der Waals surface area contributed by atoms with Crippen LogP contribution in [-0.4, -0.2) is 31.1 Å². The molecule has 0 saturated heterocycles. The quantitative estimate of drug-likeness (QED) is 0.456. The zero-order valence-electron chi connectivity index (χ0n) is 8.97. The van der Waals surface area contributed by atoms with E-state index in [9.17, 15) is 0 Å². The van der Waals surface area contributed by atoms with Crippen LogP contribution in [0.15, 0.2) is 24.9 Å². The minimum atomic E-state index is 0.916. The van der Waals surface area contributed by atoms with E-state index in [1.54, 1.807) is 6.08 Å². The summed E-state index contributed by atoms with van der Waals surface area (Å²) in [5.74, 6) is 0. The SMILES string of the molecule is C=CC(=C)NCCCN(CC)CC. The fraction of sp³-hybridized carbons (Fsp3) is 0.636. The van der Waals surface area contributed by atoms with Crippen molar-refractivity contribution in [3.8, 4) is 0 Å². The lowest BCUT2D eigenvalue weighted by Crippen LogP contribution is -2.26. The van der Waals surface area contributed by atoms with Gasteiger partial charge in [-0.1, -0.05) is 27.0 Å².